The van der Waals surface area contributed by atoms with Crippen LogP contribution in [0.3, 0.4) is 0 Å². The van der Waals surface area contributed by atoms with Gasteiger partial charge in [-0.15, -0.1) is 0 Å². The molecule has 2 N–H and O–H groups in total. The number of ether oxygens (including phenoxy) is 1. The van der Waals surface area contributed by atoms with E-state index in [2.05, 4.69) is 9.97 Å². The van der Waals surface area contributed by atoms with E-state index in [0.29, 0.717) is 42.9 Å². The quantitative estimate of drug-likeness (QED) is 0.331. The molecule has 0 radical (unpaired) electrons. The van der Waals surface area contributed by atoms with Gasteiger partial charge in [-0.25, -0.2) is 14.8 Å². The Balaban J connectivity index is 1.92. The zero-order valence-corrected chi connectivity index (χ0v) is 18.9. The predicted molar refractivity (Wildman–Crippen MR) is 118 cm³/mol. The fraction of sp³-hybridized carbons (Fsp3) is 0.375. The first kappa shape index (κ1) is 23.9. The Hall–Kier alpha value is -3.75. The molecule has 2 heterocycles. The number of primary amides is 1. The Labute approximate surface area is 191 Å². The summed E-state index contributed by atoms with van der Waals surface area (Å²) in [5.41, 5.74) is 4.96. The maximum Gasteiger partial charge on any atom is 0.405 e. The molecule has 0 aliphatic carbocycles. The van der Waals surface area contributed by atoms with Gasteiger partial charge in [0.25, 0.3) is 0 Å². The summed E-state index contributed by atoms with van der Waals surface area (Å²) in [5, 5.41) is 0. The Morgan fingerprint density at radius 2 is 1.85 bits per heavy atom. The fourth-order valence-corrected chi connectivity index (χ4v) is 3.70. The molecule has 0 saturated heterocycles. The van der Waals surface area contributed by atoms with Gasteiger partial charge in [-0.05, 0) is 33.6 Å². The van der Waals surface area contributed by atoms with Crippen molar-refractivity contribution in [1.82, 2.24) is 9.97 Å². The molecule has 9 heteroatoms. The van der Waals surface area contributed by atoms with Crippen LogP contribution in [0.5, 0.6) is 0 Å². The second kappa shape index (κ2) is 10.2. The van der Waals surface area contributed by atoms with Gasteiger partial charge in [0.1, 0.15) is 23.6 Å². The van der Waals surface area contributed by atoms with Gasteiger partial charge in [0, 0.05) is 18.4 Å². The molecule has 2 aromatic heterocycles. The molecule has 174 valence electrons. The summed E-state index contributed by atoms with van der Waals surface area (Å²) in [6.07, 6.45) is 3.96. The van der Waals surface area contributed by atoms with Crippen molar-refractivity contribution in [1.29, 1.82) is 0 Å². The molecule has 0 bridgehead atoms. The van der Waals surface area contributed by atoms with Crippen LogP contribution < -0.4 is 5.73 Å². The highest BCUT2D eigenvalue weighted by Crippen LogP contribution is 2.36. The Morgan fingerprint density at radius 1 is 1.12 bits per heavy atom. The van der Waals surface area contributed by atoms with Gasteiger partial charge in [0.05, 0.1) is 5.69 Å². The number of unbranched alkanes of at least 4 members (excludes halogenated alkanes) is 1. The average Bonchev–Trinajstić information content (AvgIpc) is 3.40. The van der Waals surface area contributed by atoms with Crippen molar-refractivity contribution in [2.75, 3.05) is 0 Å². The number of amides is 1. The smallest absolute Gasteiger partial charge is 0.405 e. The van der Waals surface area contributed by atoms with E-state index in [4.69, 9.17) is 19.3 Å². The number of benzene rings is 1. The summed E-state index contributed by atoms with van der Waals surface area (Å²) in [5.74, 6) is -0.656. The third kappa shape index (κ3) is 5.94. The number of ketones is 2. The molecule has 0 aliphatic rings. The van der Waals surface area contributed by atoms with Gasteiger partial charge >= 0.3 is 6.09 Å². The Morgan fingerprint density at radius 3 is 2.52 bits per heavy atom. The van der Waals surface area contributed by atoms with Crippen molar-refractivity contribution in [3.8, 4) is 11.3 Å². The number of aromatic nitrogens is 2. The summed E-state index contributed by atoms with van der Waals surface area (Å²) in [7, 11) is 0. The molecule has 0 saturated carbocycles. The van der Waals surface area contributed by atoms with Gasteiger partial charge in [-0.1, -0.05) is 30.3 Å². The van der Waals surface area contributed by atoms with Crippen LogP contribution in [0.15, 0.2) is 51.8 Å². The van der Waals surface area contributed by atoms with Gasteiger partial charge in [0.15, 0.2) is 29.5 Å². The van der Waals surface area contributed by atoms with E-state index in [9.17, 15) is 14.4 Å². The molecule has 0 aliphatic heterocycles. The standard InChI is InChI=1S/C24H27N3O6/c1-15(28)9-7-8-12-18-27-17(13-31-18)19(24(2,3)33-23(25)30)21(29)20-22(32-14-26-20)16-10-5-4-6-11-16/h4-6,10-11,13-14,19H,7-9,12H2,1-3H3,(H2,25,30). The number of carbonyl (C=O) groups is 3. The summed E-state index contributed by atoms with van der Waals surface area (Å²) >= 11 is 0. The summed E-state index contributed by atoms with van der Waals surface area (Å²) < 4.78 is 16.4. The Bertz CT molecular complexity index is 1120. The Kier molecular flexibility index (Phi) is 7.42. The number of aryl methyl sites for hydroxylation is 1. The maximum absolute atomic E-state index is 13.7. The van der Waals surface area contributed by atoms with Crippen LogP contribution in [0.4, 0.5) is 4.79 Å². The molecule has 1 aromatic carbocycles. The molecule has 3 rings (SSSR count). The number of nitrogens with zero attached hydrogens (tertiary/aromatic N) is 2. The van der Waals surface area contributed by atoms with E-state index in [1.807, 2.05) is 18.2 Å². The number of hydrogen-bond donors (Lipinski definition) is 1. The average molecular weight is 453 g/mol. The molecule has 1 unspecified atom stereocenters. The van der Waals surface area contributed by atoms with Crippen LogP contribution in [0, 0.1) is 0 Å². The summed E-state index contributed by atoms with van der Waals surface area (Å²) in [6, 6.07) is 9.08. The SMILES string of the molecule is CC(=O)CCCCc1nc(C(C(=O)c2ncoc2-c2ccccc2)C(C)(C)OC(N)=O)co1. The second-order valence-electron chi connectivity index (χ2n) is 8.29. The van der Waals surface area contributed by atoms with Gasteiger partial charge in [-0.2, -0.15) is 0 Å². The third-order valence-electron chi connectivity index (χ3n) is 5.19. The molecule has 1 amide bonds. The summed E-state index contributed by atoms with van der Waals surface area (Å²) in [4.78, 5) is 45.0. The van der Waals surface area contributed by atoms with Gasteiger partial charge in [-0.3, -0.25) is 4.79 Å². The minimum atomic E-state index is -1.35. The highest BCUT2D eigenvalue weighted by molar-refractivity contribution is 6.04. The van der Waals surface area contributed by atoms with Crippen LogP contribution in [0.2, 0.25) is 0 Å². The number of nitrogens with two attached hydrogens (primary N) is 1. The minimum absolute atomic E-state index is 0.0818. The lowest BCUT2D eigenvalue weighted by Gasteiger charge is -2.30. The molecule has 3 aromatic rings. The lowest BCUT2D eigenvalue weighted by molar-refractivity contribution is -0.117. The molecular weight excluding hydrogens is 426 g/mol. The first-order valence-electron chi connectivity index (χ1n) is 10.6. The van der Waals surface area contributed by atoms with E-state index in [-0.39, 0.29) is 17.2 Å². The zero-order chi connectivity index (χ0) is 24.0. The lowest BCUT2D eigenvalue weighted by Crippen LogP contribution is -2.41. The first-order chi connectivity index (χ1) is 15.7. The highest BCUT2D eigenvalue weighted by Gasteiger charge is 2.43. The third-order valence-corrected chi connectivity index (χ3v) is 5.19. The molecule has 33 heavy (non-hydrogen) atoms. The van der Waals surface area contributed by atoms with Crippen LogP contribution in [0.25, 0.3) is 11.3 Å². The zero-order valence-electron chi connectivity index (χ0n) is 18.9. The van der Waals surface area contributed by atoms with E-state index in [1.165, 1.54) is 12.7 Å². The predicted octanol–water partition coefficient (Wildman–Crippen LogP) is 4.47. The van der Waals surface area contributed by atoms with Crippen LogP contribution >= 0.6 is 0 Å². The minimum Gasteiger partial charge on any atom is -0.449 e. The van der Waals surface area contributed by atoms with E-state index in [0.717, 1.165) is 0 Å². The topological polar surface area (TPSA) is 139 Å². The van der Waals surface area contributed by atoms with Crippen molar-refractivity contribution in [2.45, 2.75) is 58.0 Å². The molecule has 1 atom stereocenters. The normalized spacial score (nSPS) is 12.3. The highest BCUT2D eigenvalue weighted by atomic mass is 16.6. The number of hydrogen-bond acceptors (Lipinski definition) is 8. The van der Waals surface area contributed by atoms with Crippen LogP contribution in [-0.2, 0) is 16.0 Å². The van der Waals surface area contributed by atoms with Crippen molar-refractivity contribution >= 4 is 17.7 Å². The lowest BCUT2D eigenvalue weighted by atomic mass is 9.82. The second-order valence-corrected chi connectivity index (χ2v) is 8.29. The number of carbonyl (C=O) groups excluding carboxylic acids is 3. The van der Waals surface area contributed by atoms with Gasteiger partial charge < -0.3 is 24.1 Å². The van der Waals surface area contributed by atoms with Crippen molar-refractivity contribution in [3.05, 3.63) is 60.3 Å². The van der Waals surface area contributed by atoms with Crippen LogP contribution in [-0.4, -0.2) is 33.2 Å². The maximum atomic E-state index is 13.7. The number of Topliss-reactive ketones (excluding diaryl/α,β-unsaturated/α-hetero) is 2. The molecular formula is C24H27N3O6. The molecule has 0 fully saturated rings. The van der Waals surface area contributed by atoms with E-state index in [1.54, 1.807) is 32.9 Å². The van der Waals surface area contributed by atoms with E-state index < -0.39 is 23.4 Å². The van der Waals surface area contributed by atoms with E-state index >= 15 is 0 Å². The van der Waals surface area contributed by atoms with Crippen molar-refractivity contribution in [3.63, 3.8) is 0 Å². The largest absolute Gasteiger partial charge is 0.449 e. The number of rotatable bonds is 11. The van der Waals surface area contributed by atoms with Crippen molar-refractivity contribution in [2.24, 2.45) is 5.73 Å². The fourth-order valence-electron chi connectivity index (χ4n) is 3.70. The number of oxazole rings is 2. The van der Waals surface area contributed by atoms with Crippen LogP contribution in [0.1, 0.15) is 68.0 Å². The first-order valence-corrected chi connectivity index (χ1v) is 10.6. The monoisotopic (exact) mass is 453 g/mol. The summed E-state index contributed by atoms with van der Waals surface area (Å²) in [6.45, 7) is 4.70. The van der Waals surface area contributed by atoms with Crippen molar-refractivity contribution < 1.29 is 28.0 Å². The molecule has 0 spiro atoms. The molecule has 9 nitrogen and oxygen atoms in total. The van der Waals surface area contributed by atoms with Gasteiger partial charge in [0.2, 0.25) is 0 Å².